The highest BCUT2D eigenvalue weighted by molar-refractivity contribution is 5.97. The Hall–Kier alpha value is -1.75. The molecule has 8 atom stereocenters. The number of carbonyl (C=O) groups excluding carboxylic acids is 2. The predicted molar refractivity (Wildman–Crippen MR) is 126 cm³/mol. The fourth-order valence-electron chi connectivity index (χ4n) is 8.62. The number of fused-ring (bicyclic) bond motifs is 5. The Morgan fingerprint density at radius 2 is 1.88 bits per heavy atom. The van der Waals surface area contributed by atoms with Crippen molar-refractivity contribution in [3.05, 3.63) is 22.8 Å². The minimum Gasteiger partial charge on any atom is -0.478 e. The minimum absolute atomic E-state index is 0.0164. The number of hydrogen-bond donors (Lipinski definition) is 2. The van der Waals surface area contributed by atoms with Gasteiger partial charge in [-0.3, -0.25) is 9.59 Å². The van der Waals surface area contributed by atoms with Gasteiger partial charge < -0.3 is 10.2 Å². The van der Waals surface area contributed by atoms with E-state index in [4.69, 9.17) is 5.11 Å². The topological polar surface area (TPSA) is 91.7 Å². The number of ketones is 2. The largest absolute Gasteiger partial charge is 0.478 e. The maximum atomic E-state index is 13.8. The molecule has 0 aromatic rings. The molecular formula is C28H40O5. The molecule has 33 heavy (non-hydrogen) atoms. The summed E-state index contributed by atoms with van der Waals surface area (Å²) < 4.78 is 0. The van der Waals surface area contributed by atoms with Gasteiger partial charge in [0.2, 0.25) is 0 Å². The summed E-state index contributed by atoms with van der Waals surface area (Å²) in [6.07, 6.45) is 7.18. The van der Waals surface area contributed by atoms with Crippen molar-refractivity contribution in [1.29, 1.82) is 0 Å². The third-order valence-electron chi connectivity index (χ3n) is 10.5. The summed E-state index contributed by atoms with van der Waals surface area (Å²) in [5.41, 5.74) is 2.11. The zero-order valence-electron chi connectivity index (χ0n) is 20.8. The SMILES string of the molecule is CC(=CCCC(C)C1C(O)CC2(C)C3CCC4=C(C)C(=O)CCC4C3C(=O)CC12C)C(=O)O. The molecule has 2 N–H and O–H groups in total. The first-order chi connectivity index (χ1) is 15.4. The van der Waals surface area contributed by atoms with E-state index in [1.807, 2.05) is 6.92 Å². The van der Waals surface area contributed by atoms with Crippen LogP contribution in [0.2, 0.25) is 0 Å². The van der Waals surface area contributed by atoms with Crippen molar-refractivity contribution >= 4 is 17.5 Å². The van der Waals surface area contributed by atoms with Gasteiger partial charge in [-0.15, -0.1) is 0 Å². The summed E-state index contributed by atoms with van der Waals surface area (Å²) in [5, 5.41) is 20.4. The predicted octanol–water partition coefficient (Wildman–Crippen LogP) is 5.12. The molecule has 0 radical (unpaired) electrons. The van der Waals surface area contributed by atoms with Gasteiger partial charge in [-0.05, 0) is 92.4 Å². The van der Waals surface area contributed by atoms with Gasteiger partial charge >= 0.3 is 5.97 Å². The van der Waals surface area contributed by atoms with Gasteiger partial charge in [0.1, 0.15) is 5.78 Å². The lowest BCUT2D eigenvalue weighted by Crippen LogP contribution is -2.57. The van der Waals surface area contributed by atoms with E-state index in [-0.39, 0.29) is 46.2 Å². The van der Waals surface area contributed by atoms with Crippen LogP contribution in [-0.4, -0.2) is 33.9 Å². The van der Waals surface area contributed by atoms with Crippen LogP contribution in [0.1, 0.15) is 86.0 Å². The van der Waals surface area contributed by atoms with Crippen LogP contribution >= 0.6 is 0 Å². The van der Waals surface area contributed by atoms with Gasteiger partial charge in [0, 0.05) is 24.3 Å². The normalized spacial score (nSPS) is 42.0. The smallest absolute Gasteiger partial charge is 0.330 e. The number of aliphatic carboxylic acids is 1. The van der Waals surface area contributed by atoms with Crippen LogP contribution in [-0.2, 0) is 14.4 Å². The average molecular weight is 457 g/mol. The molecule has 4 aliphatic rings. The van der Waals surface area contributed by atoms with Crippen molar-refractivity contribution < 1.29 is 24.6 Å². The molecule has 0 aliphatic heterocycles. The number of hydrogen-bond acceptors (Lipinski definition) is 4. The highest BCUT2D eigenvalue weighted by atomic mass is 16.4. The molecule has 0 spiro atoms. The zero-order valence-corrected chi connectivity index (χ0v) is 20.8. The Labute approximate surface area is 197 Å². The number of Topliss-reactive ketones (excluding diaryl/α,β-unsaturated/α-hetero) is 2. The molecule has 182 valence electrons. The molecule has 5 nitrogen and oxygen atoms in total. The number of aliphatic hydroxyl groups excluding tert-OH is 1. The first-order valence-electron chi connectivity index (χ1n) is 12.8. The second-order valence-electron chi connectivity index (χ2n) is 11.9. The van der Waals surface area contributed by atoms with Crippen molar-refractivity contribution in [3.8, 4) is 0 Å². The summed E-state index contributed by atoms with van der Waals surface area (Å²) >= 11 is 0. The Kier molecular flexibility index (Phi) is 6.26. The van der Waals surface area contributed by atoms with Crippen LogP contribution in [0, 0.1) is 40.4 Å². The van der Waals surface area contributed by atoms with Crippen LogP contribution in [0.4, 0.5) is 0 Å². The molecule has 0 aromatic heterocycles. The first kappa shape index (κ1) is 24.4. The Morgan fingerprint density at radius 3 is 2.55 bits per heavy atom. The van der Waals surface area contributed by atoms with Crippen molar-refractivity contribution in [3.63, 3.8) is 0 Å². The van der Waals surface area contributed by atoms with Crippen LogP contribution in [0.25, 0.3) is 0 Å². The lowest BCUT2D eigenvalue weighted by molar-refractivity contribution is -0.154. The van der Waals surface area contributed by atoms with Crippen molar-refractivity contribution in [2.75, 3.05) is 0 Å². The third kappa shape index (κ3) is 3.66. The molecule has 3 fully saturated rings. The molecule has 0 aromatic carbocycles. The van der Waals surface area contributed by atoms with Crippen LogP contribution in [0.5, 0.6) is 0 Å². The molecule has 0 saturated heterocycles. The van der Waals surface area contributed by atoms with Crippen LogP contribution < -0.4 is 0 Å². The van der Waals surface area contributed by atoms with E-state index in [0.717, 1.165) is 37.7 Å². The lowest BCUT2D eigenvalue weighted by atomic mass is 9.44. The number of aliphatic hydroxyl groups is 1. The van der Waals surface area contributed by atoms with E-state index in [0.29, 0.717) is 30.6 Å². The maximum absolute atomic E-state index is 13.8. The number of rotatable bonds is 5. The molecule has 4 aliphatic carbocycles. The van der Waals surface area contributed by atoms with E-state index in [9.17, 15) is 19.5 Å². The molecule has 3 saturated carbocycles. The van der Waals surface area contributed by atoms with Crippen molar-refractivity contribution in [2.45, 2.75) is 92.1 Å². The quantitative estimate of drug-likeness (QED) is 0.560. The van der Waals surface area contributed by atoms with Gasteiger partial charge in [0.05, 0.1) is 6.10 Å². The second-order valence-corrected chi connectivity index (χ2v) is 11.9. The highest BCUT2D eigenvalue weighted by Crippen LogP contribution is 2.70. The third-order valence-corrected chi connectivity index (χ3v) is 10.5. The van der Waals surface area contributed by atoms with E-state index >= 15 is 0 Å². The Bertz CT molecular complexity index is 929. The van der Waals surface area contributed by atoms with Gasteiger partial charge in [0.15, 0.2) is 5.78 Å². The van der Waals surface area contributed by atoms with Gasteiger partial charge in [-0.25, -0.2) is 4.79 Å². The lowest BCUT2D eigenvalue weighted by Gasteiger charge is -2.59. The molecule has 0 amide bonds. The highest BCUT2D eigenvalue weighted by Gasteiger charge is 2.68. The van der Waals surface area contributed by atoms with E-state index in [2.05, 4.69) is 20.8 Å². The van der Waals surface area contributed by atoms with E-state index in [1.165, 1.54) is 5.57 Å². The van der Waals surface area contributed by atoms with Gasteiger partial charge in [-0.1, -0.05) is 32.4 Å². The standard InChI is InChI=1S/C28H40O5/c1-15(7-6-8-16(2)26(32)33)25-23(31)14-27(4)20-11-9-18-17(3)21(29)12-10-19(18)24(20)22(30)13-28(25,27)5/h8,15,19-20,23-25,31H,6-7,9-14H2,1-5H3,(H,32,33). The van der Waals surface area contributed by atoms with Crippen LogP contribution in [0.15, 0.2) is 22.8 Å². The number of carbonyl (C=O) groups is 3. The average Bonchev–Trinajstić information content (AvgIpc) is 2.95. The van der Waals surface area contributed by atoms with Crippen molar-refractivity contribution in [2.24, 2.45) is 40.4 Å². The molecule has 5 heteroatoms. The summed E-state index contributed by atoms with van der Waals surface area (Å²) in [6.45, 7) is 10.3. The van der Waals surface area contributed by atoms with E-state index in [1.54, 1.807) is 13.0 Å². The molecular weight excluding hydrogens is 416 g/mol. The van der Waals surface area contributed by atoms with Crippen molar-refractivity contribution in [1.82, 2.24) is 0 Å². The Balaban J connectivity index is 1.61. The summed E-state index contributed by atoms with van der Waals surface area (Å²) in [7, 11) is 0. The van der Waals surface area contributed by atoms with E-state index < -0.39 is 12.1 Å². The van der Waals surface area contributed by atoms with Gasteiger partial charge in [-0.2, -0.15) is 0 Å². The molecule has 0 bridgehead atoms. The minimum atomic E-state index is -0.891. The fraction of sp³-hybridized carbons (Fsp3) is 0.750. The summed E-state index contributed by atoms with van der Waals surface area (Å²) in [6, 6.07) is 0. The zero-order chi connectivity index (χ0) is 24.3. The monoisotopic (exact) mass is 456 g/mol. The first-order valence-corrected chi connectivity index (χ1v) is 12.8. The second kappa shape index (κ2) is 8.48. The number of carboxylic acids is 1. The Morgan fingerprint density at radius 1 is 1.18 bits per heavy atom. The summed E-state index contributed by atoms with van der Waals surface area (Å²) in [5.74, 6) is 0.344. The maximum Gasteiger partial charge on any atom is 0.330 e. The number of allylic oxidation sites excluding steroid dienone is 2. The number of carboxylic acid groups (broad SMARTS) is 1. The van der Waals surface area contributed by atoms with Crippen LogP contribution in [0.3, 0.4) is 0 Å². The fourth-order valence-corrected chi connectivity index (χ4v) is 8.62. The summed E-state index contributed by atoms with van der Waals surface area (Å²) in [4.78, 5) is 37.2. The van der Waals surface area contributed by atoms with Gasteiger partial charge in [0.25, 0.3) is 0 Å². The molecule has 0 heterocycles. The molecule has 8 unspecified atom stereocenters. The molecule has 4 rings (SSSR count).